The molecule has 6 heteroatoms. The Balaban J connectivity index is 1.93. The van der Waals surface area contributed by atoms with Gasteiger partial charge in [-0.2, -0.15) is 0 Å². The van der Waals surface area contributed by atoms with Gasteiger partial charge in [-0.05, 0) is 31.2 Å². The van der Waals surface area contributed by atoms with Crippen molar-refractivity contribution in [3.8, 4) is 0 Å². The van der Waals surface area contributed by atoms with Gasteiger partial charge in [0.25, 0.3) is 0 Å². The zero-order valence-electron chi connectivity index (χ0n) is 13.2. The normalized spacial score (nSPS) is 21.5. The molecular weight excluding hydrogens is 282 g/mol. The van der Waals surface area contributed by atoms with E-state index in [1.807, 2.05) is 20.8 Å². The van der Waals surface area contributed by atoms with Crippen LogP contribution in [0.5, 0.6) is 0 Å². The molecule has 0 unspecified atom stereocenters. The first-order valence-corrected chi connectivity index (χ1v) is 7.54. The van der Waals surface area contributed by atoms with E-state index in [1.54, 1.807) is 24.3 Å². The van der Waals surface area contributed by atoms with E-state index in [-0.39, 0.29) is 29.9 Å². The molecule has 1 fully saturated rings. The highest BCUT2D eigenvalue weighted by molar-refractivity contribution is 5.96. The Morgan fingerprint density at radius 3 is 2.32 bits per heavy atom. The van der Waals surface area contributed by atoms with E-state index >= 15 is 0 Å². The van der Waals surface area contributed by atoms with Gasteiger partial charge in [-0.3, -0.25) is 9.59 Å². The fourth-order valence-electron chi connectivity index (χ4n) is 2.17. The topological polar surface area (TPSA) is 79.5 Å². The van der Waals surface area contributed by atoms with Crippen molar-refractivity contribution in [3.05, 3.63) is 24.3 Å². The van der Waals surface area contributed by atoms with Crippen molar-refractivity contribution in [2.75, 3.05) is 23.8 Å². The van der Waals surface area contributed by atoms with Gasteiger partial charge in [-0.1, -0.05) is 13.8 Å². The summed E-state index contributed by atoms with van der Waals surface area (Å²) in [5.74, 6) is -0.224. The number of nitrogens with one attached hydrogen (secondary N) is 3. The minimum absolute atomic E-state index is 0.0332. The fourth-order valence-corrected chi connectivity index (χ4v) is 2.17. The number of amides is 2. The second kappa shape index (κ2) is 7.38. The first-order chi connectivity index (χ1) is 10.5. The van der Waals surface area contributed by atoms with Crippen molar-refractivity contribution in [1.29, 1.82) is 0 Å². The van der Waals surface area contributed by atoms with E-state index in [9.17, 15) is 9.59 Å². The smallest absolute Gasteiger partial charge is 0.244 e. The number of rotatable bonds is 4. The third kappa shape index (κ3) is 4.29. The predicted octanol–water partition coefficient (Wildman–Crippen LogP) is 1.60. The molecule has 2 amide bonds. The van der Waals surface area contributed by atoms with Crippen LogP contribution in [0.15, 0.2) is 24.3 Å². The highest BCUT2D eigenvalue weighted by atomic mass is 16.5. The quantitative estimate of drug-likeness (QED) is 0.789. The van der Waals surface area contributed by atoms with Gasteiger partial charge in [-0.25, -0.2) is 0 Å². The van der Waals surface area contributed by atoms with Gasteiger partial charge in [0.2, 0.25) is 11.8 Å². The molecular formula is C16H23N3O3. The van der Waals surface area contributed by atoms with E-state index < -0.39 is 0 Å². The van der Waals surface area contributed by atoms with Crippen molar-refractivity contribution in [3.63, 3.8) is 0 Å². The Morgan fingerprint density at radius 1 is 1.18 bits per heavy atom. The predicted molar refractivity (Wildman–Crippen MR) is 85.7 cm³/mol. The number of morpholine rings is 1. The van der Waals surface area contributed by atoms with Crippen molar-refractivity contribution >= 4 is 23.2 Å². The third-order valence-corrected chi connectivity index (χ3v) is 3.54. The highest BCUT2D eigenvalue weighted by Crippen LogP contribution is 2.15. The average Bonchev–Trinajstić information content (AvgIpc) is 2.49. The molecule has 22 heavy (non-hydrogen) atoms. The Labute approximate surface area is 130 Å². The van der Waals surface area contributed by atoms with Crippen LogP contribution in [0.3, 0.4) is 0 Å². The van der Waals surface area contributed by atoms with E-state index in [2.05, 4.69) is 16.0 Å². The number of anilines is 2. The maximum Gasteiger partial charge on any atom is 0.244 e. The Hall–Kier alpha value is -1.92. The molecule has 1 heterocycles. The van der Waals surface area contributed by atoms with Crippen LogP contribution in [0.25, 0.3) is 0 Å². The number of carbonyl (C=O) groups is 2. The monoisotopic (exact) mass is 305 g/mol. The van der Waals surface area contributed by atoms with Gasteiger partial charge in [0, 0.05) is 23.8 Å². The van der Waals surface area contributed by atoms with Gasteiger partial charge in [0.15, 0.2) is 0 Å². The molecule has 0 spiro atoms. The maximum atomic E-state index is 12.2. The average molecular weight is 305 g/mol. The minimum Gasteiger partial charge on any atom is -0.375 e. The molecule has 2 atom stereocenters. The molecule has 6 nitrogen and oxygen atoms in total. The molecule has 1 aliphatic rings. The van der Waals surface area contributed by atoms with Crippen LogP contribution < -0.4 is 16.0 Å². The lowest BCUT2D eigenvalue weighted by atomic mass is 10.1. The molecule has 1 aliphatic heterocycles. The molecule has 1 aromatic rings. The van der Waals surface area contributed by atoms with E-state index in [4.69, 9.17) is 4.74 Å². The molecule has 0 radical (unpaired) electrons. The van der Waals surface area contributed by atoms with Crippen LogP contribution in [0.2, 0.25) is 0 Å². The second-order valence-electron chi connectivity index (χ2n) is 5.72. The maximum absolute atomic E-state index is 12.2. The lowest BCUT2D eigenvalue weighted by Crippen LogP contribution is -2.53. The van der Waals surface area contributed by atoms with E-state index in [0.29, 0.717) is 24.5 Å². The second-order valence-corrected chi connectivity index (χ2v) is 5.72. The molecule has 3 N–H and O–H groups in total. The van der Waals surface area contributed by atoms with Crippen LogP contribution in [-0.4, -0.2) is 37.1 Å². The molecule has 1 saturated heterocycles. The summed E-state index contributed by atoms with van der Waals surface area (Å²) < 4.78 is 5.46. The fraction of sp³-hybridized carbons (Fsp3) is 0.500. The summed E-state index contributed by atoms with van der Waals surface area (Å²) in [7, 11) is 0. The lowest BCUT2D eigenvalue weighted by Gasteiger charge is -2.29. The molecule has 120 valence electrons. The van der Waals surface area contributed by atoms with Gasteiger partial charge >= 0.3 is 0 Å². The number of ether oxygens (including phenoxy) is 1. The Morgan fingerprint density at radius 2 is 1.77 bits per heavy atom. The van der Waals surface area contributed by atoms with E-state index in [0.717, 1.165) is 0 Å². The van der Waals surface area contributed by atoms with Crippen molar-refractivity contribution in [1.82, 2.24) is 5.32 Å². The summed E-state index contributed by atoms with van der Waals surface area (Å²) in [4.78, 5) is 23.8. The van der Waals surface area contributed by atoms with Crippen molar-refractivity contribution in [2.45, 2.75) is 32.9 Å². The zero-order chi connectivity index (χ0) is 16.1. The summed E-state index contributed by atoms with van der Waals surface area (Å²) in [5, 5.41) is 8.80. The van der Waals surface area contributed by atoms with Gasteiger partial charge in [-0.15, -0.1) is 0 Å². The third-order valence-electron chi connectivity index (χ3n) is 3.54. The van der Waals surface area contributed by atoms with Crippen LogP contribution in [0.1, 0.15) is 20.8 Å². The molecule has 0 bridgehead atoms. The Bertz CT molecular complexity index is 528. The number of benzene rings is 1. The Kier molecular flexibility index (Phi) is 5.51. The number of hydrogen-bond donors (Lipinski definition) is 3. The summed E-state index contributed by atoms with van der Waals surface area (Å²) in [5.41, 5.74) is 1.40. The van der Waals surface area contributed by atoms with Crippen LogP contribution in [0.4, 0.5) is 11.4 Å². The minimum atomic E-state index is -0.353. The van der Waals surface area contributed by atoms with Gasteiger partial charge in [0.05, 0.1) is 12.7 Å². The van der Waals surface area contributed by atoms with Crippen LogP contribution in [-0.2, 0) is 14.3 Å². The molecule has 0 aliphatic carbocycles. The summed E-state index contributed by atoms with van der Waals surface area (Å²) in [6.07, 6.45) is -0.154. The van der Waals surface area contributed by atoms with Crippen molar-refractivity contribution < 1.29 is 14.3 Å². The molecule has 0 aromatic heterocycles. The zero-order valence-corrected chi connectivity index (χ0v) is 13.2. The summed E-state index contributed by atoms with van der Waals surface area (Å²) in [6, 6.07) is 6.72. The van der Waals surface area contributed by atoms with Gasteiger partial charge < -0.3 is 20.7 Å². The molecule has 0 saturated carbocycles. The van der Waals surface area contributed by atoms with Crippen LogP contribution >= 0.6 is 0 Å². The molecule has 2 rings (SSSR count). The highest BCUT2D eigenvalue weighted by Gasteiger charge is 2.28. The van der Waals surface area contributed by atoms with Crippen LogP contribution in [0, 0.1) is 5.92 Å². The van der Waals surface area contributed by atoms with Crippen molar-refractivity contribution in [2.24, 2.45) is 5.92 Å². The standard InChI is InChI=1S/C16H23N3O3/c1-10(2)15(20)18-12-4-6-13(7-5-12)19-16(21)14-11(3)22-9-8-17-14/h4-7,10-11,14,17H,8-9H2,1-3H3,(H,18,20)(H,19,21)/t11-,14+/m1/s1. The first kappa shape index (κ1) is 16.5. The SMILES string of the molecule is CC(C)C(=O)Nc1ccc(NC(=O)[C@H]2NCCO[C@@H]2C)cc1. The summed E-state index contributed by atoms with van der Waals surface area (Å²) >= 11 is 0. The van der Waals surface area contributed by atoms with E-state index in [1.165, 1.54) is 0 Å². The number of hydrogen-bond acceptors (Lipinski definition) is 4. The van der Waals surface area contributed by atoms with Gasteiger partial charge in [0.1, 0.15) is 6.04 Å². The molecule has 1 aromatic carbocycles. The number of carbonyl (C=O) groups excluding carboxylic acids is 2. The largest absolute Gasteiger partial charge is 0.375 e. The first-order valence-electron chi connectivity index (χ1n) is 7.54. The summed E-state index contributed by atoms with van der Waals surface area (Å²) in [6.45, 7) is 6.84. The lowest BCUT2D eigenvalue weighted by molar-refractivity contribution is -0.123.